The van der Waals surface area contributed by atoms with Crippen LogP contribution in [-0.4, -0.2) is 10.7 Å². The standard InChI is InChI=1S/C21H19N3/c1-16-9-11-19(12-10-16)24-21(17-6-3-2-4-7-17)14-20(23-24)18-8-5-13-22-15-18/h2-13,15,21H,14H2,1H3/t21-/m0/s1. The lowest BCUT2D eigenvalue weighted by Gasteiger charge is -2.24. The highest BCUT2D eigenvalue weighted by Crippen LogP contribution is 2.36. The first-order valence-electron chi connectivity index (χ1n) is 8.20. The number of anilines is 1. The number of aryl methyl sites for hydroxylation is 1. The van der Waals surface area contributed by atoms with Crippen molar-refractivity contribution in [2.45, 2.75) is 19.4 Å². The summed E-state index contributed by atoms with van der Waals surface area (Å²) in [6.07, 6.45) is 4.56. The number of hydrazone groups is 1. The van der Waals surface area contributed by atoms with E-state index in [0.29, 0.717) is 0 Å². The number of benzene rings is 2. The van der Waals surface area contributed by atoms with E-state index in [2.05, 4.69) is 77.6 Å². The Balaban J connectivity index is 1.75. The predicted octanol–water partition coefficient (Wildman–Crippen LogP) is 4.75. The Morgan fingerprint density at radius 1 is 0.917 bits per heavy atom. The van der Waals surface area contributed by atoms with Gasteiger partial charge in [0.25, 0.3) is 0 Å². The molecule has 1 aromatic heterocycles. The van der Waals surface area contributed by atoms with E-state index < -0.39 is 0 Å². The van der Waals surface area contributed by atoms with Gasteiger partial charge in [0.15, 0.2) is 0 Å². The van der Waals surface area contributed by atoms with Crippen LogP contribution in [0, 0.1) is 6.92 Å². The molecule has 1 atom stereocenters. The molecule has 0 bridgehead atoms. The molecule has 0 amide bonds. The van der Waals surface area contributed by atoms with Crippen LogP contribution < -0.4 is 5.01 Å². The Hall–Kier alpha value is -2.94. The molecule has 0 unspecified atom stereocenters. The summed E-state index contributed by atoms with van der Waals surface area (Å²) in [6, 6.07) is 23.4. The maximum Gasteiger partial charge on any atom is 0.0831 e. The van der Waals surface area contributed by atoms with E-state index in [1.54, 1.807) is 6.20 Å². The molecule has 2 heterocycles. The zero-order chi connectivity index (χ0) is 16.4. The summed E-state index contributed by atoms with van der Waals surface area (Å²) >= 11 is 0. The summed E-state index contributed by atoms with van der Waals surface area (Å²) < 4.78 is 0. The molecule has 0 N–H and O–H groups in total. The van der Waals surface area contributed by atoms with Crippen molar-refractivity contribution < 1.29 is 0 Å². The van der Waals surface area contributed by atoms with E-state index in [-0.39, 0.29) is 6.04 Å². The van der Waals surface area contributed by atoms with Gasteiger partial charge in [0.1, 0.15) is 0 Å². The molecule has 0 aliphatic carbocycles. The third-order valence-electron chi connectivity index (χ3n) is 4.39. The average Bonchev–Trinajstić information content (AvgIpc) is 3.09. The lowest BCUT2D eigenvalue weighted by atomic mass is 9.99. The molecule has 0 fully saturated rings. The summed E-state index contributed by atoms with van der Waals surface area (Å²) in [5.41, 5.74) is 5.82. The fourth-order valence-corrected chi connectivity index (χ4v) is 3.09. The molecule has 3 heteroatoms. The van der Waals surface area contributed by atoms with E-state index in [9.17, 15) is 0 Å². The van der Waals surface area contributed by atoms with Crippen molar-refractivity contribution in [2.24, 2.45) is 5.10 Å². The van der Waals surface area contributed by atoms with Gasteiger partial charge in [0.05, 0.1) is 17.4 Å². The summed E-state index contributed by atoms with van der Waals surface area (Å²) in [4.78, 5) is 4.24. The summed E-state index contributed by atoms with van der Waals surface area (Å²) in [5.74, 6) is 0. The quantitative estimate of drug-likeness (QED) is 0.698. The van der Waals surface area contributed by atoms with Crippen LogP contribution in [0.2, 0.25) is 0 Å². The first kappa shape index (κ1) is 14.6. The predicted molar refractivity (Wildman–Crippen MR) is 98.2 cm³/mol. The molecular weight excluding hydrogens is 294 g/mol. The van der Waals surface area contributed by atoms with Crippen LogP contribution in [0.15, 0.2) is 84.2 Å². The van der Waals surface area contributed by atoms with E-state index in [1.165, 1.54) is 11.1 Å². The molecule has 24 heavy (non-hydrogen) atoms. The van der Waals surface area contributed by atoms with E-state index >= 15 is 0 Å². The first-order valence-corrected chi connectivity index (χ1v) is 8.20. The molecule has 0 spiro atoms. The van der Waals surface area contributed by atoms with Crippen LogP contribution in [0.5, 0.6) is 0 Å². The third-order valence-corrected chi connectivity index (χ3v) is 4.39. The number of nitrogens with zero attached hydrogens (tertiary/aromatic N) is 3. The highest BCUT2D eigenvalue weighted by atomic mass is 15.5. The van der Waals surface area contributed by atoms with Crippen molar-refractivity contribution in [2.75, 3.05) is 5.01 Å². The maximum atomic E-state index is 4.93. The van der Waals surface area contributed by atoms with Gasteiger partial charge in [-0.25, -0.2) is 0 Å². The first-order chi connectivity index (χ1) is 11.8. The molecular formula is C21H19N3. The monoisotopic (exact) mass is 313 g/mol. The number of aromatic nitrogens is 1. The minimum atomic E-state index is 0.212. The van der Waals surface area contributed by atoms with Crippen LogP contribution in [0.4, 0.5) is 5.69 Å². The second-order valence-corrected chi connectivity index (χ2v) is 6.10. The van der Waals surface area contributed by atoms with Gasteiger partial charge < -0.3 is 0 Å². The van der Waals surface area contributed by atoms with Crippen molar-refractivity contribution in [3.63, 3.8) is 0 Å². The zero-order valence-corrected chi connectivity index (χ0v) is 13.6. The lowest BCUT2D eigenvalue weighted by molar-refractivity contribution is 0.709. The SMILES string of the molecule is Cc1ccc(N2N=C(c3cccnc3)C[C@H]2c2ccccc2)cc1. The van der Waals surface area contributed by atoms with Gasteiger partial charge in [-0.15, -0.1) is 0 Å². The van der Waals surface area contributed by atoms with Crippen molar-refractivity contribution in [3.05, 3.63) is 95.8 Å². The minimum Gasteiger partial charge on any atom is -0.264 e. The largest absolute Gasteiger partial charge is 0.264 e. The minimum absolute atomic E-state index is 0.212. The third kappa shape index (κ3) is 2.81. The summed E-state index contributed by atoms with van der Waals surface area (Å²) in [5, 5.41) is 7.06. The molecule has 3 aromatic rings. The molecule has 3 nitrogen and oxygen atoms in total. The summed E-state index contributed by atoms with van der Waals surface area (Å²) in [7, 11) is 0. The Labute approximate surface area is 142 Å². The van der Waals surface area contributed by atoms with Crippen molar-refractivity contribution >= 4 is 11.4 Å². The molecule has 2 aromatic carbocycles. The van der Waals surface area contributed by atoms with Gasteiger partial charge in [-0.3, -0.25) is 9.99 Å². The number of rotatable bonds is 3. The zero-order valence-electron chi connectivity index (χ0n) is 13.6. The number of hydrogen-bond acceptors (Lipinski definition) is 3. The van der Waals surface area contributed by atoms with Gasteiger partial charge in [-0.05, 0) is 30.7 Å². The number of pyridine rings is 1. The maximum absolute atomic E-state index is 4.93. The van der Waals surface area contributed by atoms with Gasteiger partial charge >= 0.3 is 0 Å². The molecule has 1 aliphatic rings. The number of hydrogen-bond donors (Lipinski definition) is 0. The molecule has 0 saturated heterocycles. The van der Waals surface area contributed by atoms with Crippen molar-refractivity contribution in [1.82, 2.24) is 4.98 Å². The van der Waals surface area contributed by atoms with Crippen LogP contribution in [-0.2, 0) is 0 Å². The van der Waals surface area contributed by atoms with Crippen LogP contribution >= 0.6 is 0 Å². The lowest BCUT2D eigenvalue weighted by Crippen LogP contribution is -2.18. The Morgan fingerprint density at radius 3 is 2.42 bits per heavy atom. The molecule has 118 valence electrons. The van der Waals surface area contributed by atoms with Crippen LogP contribution in [0.1, 0.15) is 29.2 Å². The molecule has 1 aliphatic heterocycles. The van der Waals surface area contributed by atoms with E-state index in [0.717, 1.165) is 23.4 Å². The average molecular weight is 313 g/mol. The van der Waals surface area contributed by atoms with Crippen molar-refractivity contribution in [1.29, 1.82) is 0 Å². The fraction of sp³-hybridized carbons (Fsp3) is 0.143. The summed E-state index contributed by atoms with van der Waals surface area (Å²) in [6.45, 7) is 2.10. The Bertz CT molecular complexity index is 839. The normalized spacial score (nSPS) is 17.0. The van der Waals surface area contributed by atoms with Gasteiger partial charge in [-0.1, -0.05) is 54.1 Å². The second-order valence-electron chi connectivity index (χ2n) is 6.10. The topological polar surface area (TPSA) is 28.5 Å². The molecule has 0 saturated carbocycles. The Kier molecular flexibility index (Phi) is 3.83. The van der Waals surface area contributed by atoms with Crippen LogP contribution in [0.3, 0.4) is 0 Å². The highest BCUT2D eigenvalue weighted by molar-refractivity contribution is 6.03. The van der Waals surface area contributed by atoms with Gasteiger partial charge in [-0.2, -0.15) is 5.10 Å². The smallest absolute Gasteiger partial charge is 0.0831 e. The van der Waals surface area contributed by atoms with Gasteiger partial charge in [0.2, 0.25) is 0 Å². The molecule has 4 rings (SSSR count). The highest BCUT2D eigenvalue weighted by Gasteiger charge is 2.29. The Morgan fingerprint density at radius 2 is 1.71 bits per heavy atom. The second kappa shape index (κ2) is 6.28. The van der Waals surface area contributed by atoms with Gasteiger partial charge in [0, 0.05) is 24.4 Å². The fourth-order valence-electron chi connectivity index (χ4n) is 3.09. The molecule has 0 radical (unpaired) electrons. The van der Waals surface area contributed by atoms with E-state index in [4.69, 9.17) is 5.10 Å². The van der Waals surface area contributed by atoms with Crippen LogP contribution in [0.25, 0.3) is 0 Å². The van der Waals surface area contributed by atoms with E-state index in [1.807, 2.05) is 12.3 Å². The van der Waals surface area contributed by atoms with Crippen molar-refractivity contribution in [3.8, 4) is 0 Å².